The van der Waals surface area contributed by atoms with Gasteiger partial charge in [0.1, 0.15) is 3.57 Å². The summed E-state index contributed by atoms with van der Waals surface area (Å²) in [6.07, 6.45) is 0. The third-order valence-electron chi connectivity index (χ3n) is 3.05. The van der Waals surface area contributed by atoms with Crippen LogP contribution in [0.3, 0.4) is 0 Å². The second kappa shape index (κ2) is 4.82. The van der Waals surface area contributed by atoms with Crippen molar-refractivity contribution >= 4 is 39.2 Å². The molecule has 0 saturated carbocycles. The van der Waals surface area contributed by atoms with Gasteiger partial charge in [0.15, 0.2) is 17.1 Å². The number of nitrogens with two attached hydrogens (primary N) is 1. The summed E-state index contributed by atoms with van der Waals surface area (Å²) in [6, 6.07) is 12.3. The van der Waals surface area contributed by atoms with E-state index in [1.807, 2.05) is 52.9 Å². The highest BCUT2D eigenvalue weighted by atomic mass is 127. The number of hydrogen-bond acceptors (Lipinski definition) is 4. The van der Waals surface area contributed by atoms with Gasteiger partial charge in [0.05, 0.1) is 11.1 Å². The second-order valence-corrected chi connectivity index (χ2v) is 5.40. The van der Waals surface area contributed by atoms with Crippen molar-refractivity contribution in [2.45, 2.75) is 0 Å². The first-order valence-electron chi connectivity index (χ1n) is 5.89. The monoisotopic (exact) mass is 379 g/mol. The normalized spacial score (nSPS) is 10.8. The van der Waals surface area contributed by atoms with Gasteiger partial charge in [-0.1, -0.05) is 30.3 Å². The zero-order valence-electron chi connectivity index (χ0n) is 10.3. The molecule has 3 N–H and O–H groups in total. The molecule has 4 nitrogen and oxygen atoms in total. The first kappa shape index (κ1) is 13.0. The fraction of sp³-hybridized carbons (Fsp3) is 0. The summed E-state index contributed by atoms with van der Waals surface area (Å²) >= 11 is 1.96. The first-order valence-corrected chi connectivity index (χ1v) is 6.96. The van der Waals surface area contributed by atoms with Gasteiger partial charge < -0.3 is 15.3 Å². The van der Waals surface area contributed by atoms with E-state index in [9.17, 15) is 9.90 Å². The van der Waals surface area contributed by atoms with Crippen molar-refractivity contribution < 1.29 is 9.52 Å². The third-order valence-corrected chi connectivity index (χ3v) is 4.03. The van der Waals surface area contributed by atoms with Crippen molar-refractivity contribution in [1.29, 1.82) is 0 Å². The van der Waals surface area contributed by atoms with Gasteiger partial charge in [0.2, 0.25) is 5.43 Å². The number of rotatable bonds is 1. The molecule has 0 unspecified atom stereocenters. The predicted octanol–water partition coefficient (Wildman–Crippen LogP) is 3.35. The zero-order chi connectivity index (χ0) is 14.3. The number of aromatic hydroxyl groups is 1. The molecule has 0 aliphatic rings. The van der Waals surface area contributed by atoms with Crippen LogP contribution in [0, 0.1) is 3.57 Å². The molecule has 0 amide bonds. The van der Waals surface area contributed by atoms with Crippen molar-refractivity contribution in [2.75, 3.05) is 5.73 Å². The average Bonchev–Trinajstić information content (AvgIpc) is 2.47. The average molecular weight is 379 g/mol. The van der Waals surface area contributed by atoms with E-state index in [-0.39, 0.29) is 22.4 Å². The first-order chi connectivity index (χ1) is 9.59. The maximum atomic E-state index is 12.4. The molecule has 5 heteroatoms. The summed E-state index contributed by atoms with van der Waals surface area (Å²) in [5, 5.41) is 10.3. The molecular formula is C15H10INO3. The smallest absolute Gasteiger partial charge is 0.206 e. The number of fused-ring (bicyclic) bond motifs is 1. The molecule has 1 heterocycles. The highest BCUT2D eigenvalue weighted by molar-refractivity contribution is 14.1. The van der Waals surface area contributed by atoms with E-state index in [1.54, 1.807) is 6.07 Å². The molecular weight excluding hydrogens is 369 g/mol. The Morgan fingerprint density at radius 1 is 1.10 bits per heavy atom. The molecule has 0 bridgehead atoms. The van der Waals surface area contributed by atoms with Gasteiger partial charge in [-0.15, -0.1) is 0 Å². The van der Waals surface area contributed by atoms with Gasteiger partial charge in [0.25, 0.3) is 0 Å². The largest absolute Gasteiger partial charge is 0.503 e. The lowest BCUT2D eigenvalue weighted by molar-refractivity contribution is 0.467. The van der Waals surface area contributed by atoms with E-state index in [1.165, 1.54) is 6.07 Å². The molecule has 0 spiro atoms. The zero-order valence-corrected chi connectivity index (χ0v) is 12.4. The van der Waals surface area contributed by atoms with Crippen LogP contribution in [0.2, 0.25) is 0 Å². The molecule has 3 aromatic rings. The Labute approximate surface area is 128 Å². The minimum Gasteiger partial charge on any atom is -0.503 e. The van der Waals surface area contributed by atoms with Crippen LogP contribution in [0.4, 0.5) is 5.69 Å². The van der Waals surface area contributed by atoms with Crippen molar-refractivity contribution in [3.63, 3.8) is 0 Å². The summed E-state index contributed by atoms with van der Waals surface area (Å²) < 4.78 is 6.21. The number of nitrogen functional groups attached to an aromatic ring is 1. The number of phenols is 1. The highest BCUT2D eigenvalue weighted by Gasteiger charge is 2.17. The van der Waals surface area contributed by atoms with Gasteiger partial charge >= 0.3 is 0 Å². The number of benzene rings is 2. The maximum absolute atomic E-state index is 12.4. The molecule has 0 fully saturated rings. The quantitative estimate of drug-likeness (QED) is 0.386. The molecule has 0 radical (unpaired) electrons. The van der Waals surface area contributed by atoms with Crippen LogP contribution in [0.5, 0.6) is 5.75 Å². The standard InChI is InChI=1S/C15H10INO3/c16-11-12(18)9-6-7-10(17)13(19)15(9)20-14(11)8-4-2-1-3-5-8/h1-7,19H,17H2. The van der Waals surface area contributed by atoms with Crippen LogP contribution in [-0.4, -0.2) is 5.11 Å². The lowest BCUT2D eigenvalue weighted by Gasteiger charge is -2.08. The Hall–Kier alpha value is -2.02. The summed E-state index contributed by atoms with van der Waals surface area (Å²) in [4.78, 5) is 12.4. The molecule has 2 aromatic carbocycles. The summed E-state index contributed by atoms with van der Waals surface area (Å²) in [6.45, 7) is 0. The van der Waals surface area contributed by atoms with Gasteiger partial charge in [-0.2, -0.15) is 0 Å². The molecule has 0 aliphatic heterocycles. The van der Waals surface area contributed by atoms with E-state index in [4.69, 9.17) is 10.2 Å². The summed E-state index contributed by atoms with van der Waals surface area (Å²) in [7, 11) is 0. The Balaban J connectivity index is 2.44. The van der Waals surface area contributed by atoms with Crippen LogP contribution in [-0.2, 0) is 0 Å². The van der Waals surface area contributed by atoms with Crippen molar-refractivity contribution in [3.05, 3.63) is 56.3 Å². The Kier molecular flexibility index (Phi) is 3.13. The van der Waals surface area contributed by atoms with E-state index in [0.717, 1.165) is 5.56 Å². The molecule has 0 saturated heterocycles. The highest BCUT2D eigenvalue weighted by Crippen LogP contribution is 2.33. The van der Waals surface area contributed by atoms with Crippen molar-refractivity contribution in [2.24, 2.45) is 0 Å². The Bertz CT molecular complexity index is 856. The van der Waals surface area contributed by atoms with Gasteiger partial charge in [-0.3, -0.25) is 4.79 Å². The molecule has 20 heavy (non-hydrogen) atoms. The van der Waals surface area contributed by atoms with E-state index in [2.05, 4.69) is 0 Å². The number of phenolic OH excluding ortho intramolecular Hbond substituents is 1. The van der Waals surface area contributed by atoms with E-state index >= 15 is 0 Å². The van der Waals surface area contributed by atoms with Crippen LogP contribution in [0.15, 0.2) is 51.7 Å². The molecule has 0 atom stereocenters. The lowest BCUT2D eigenvalue weighted by Crippen LogP contribution is -2.07. The van der Waals surface area contributed by atoms with E-state index in [0.29, 0.717) is 14.7 Å². The fourth-order valence-corrected chi connectivity index (χ4v) is 2.72. The summed E-state index contributed by atoms with van der Waals surface area (Å²) in [5.74, 6) is 0.234. The predicted molar refractivity (Wildman–Crippen MR) is 86.7 cm³/mol. The van der Waals surface area contributed by atoms with Crippen LogP contribution in [0.1, 0.15) is 0 Å². The van der Waals surface area contributed by atoms with Gasteiger partial charge in [0, 0.05) is 5.56 Å². The molecule has 3 rings (SSSR count). The second-order valence-electron chi connectivity index (χ2n) is 4.32. The molecule has 0 aliphatic carbocycles. The molecule has 100 valence electrons. The van der Waals surface area contributed by atoms with Gasteiger partial charge in [-0.25, -0.2) is 0 Å². The van der Waals surface area contributed by atoms with Crippen LogP contribution < -0.4 is 11.2 Å². The number of anilines is 1. The van der Waals surface area contributed by atoms with Crippen molar-refractivity contribution in [3.8, 4) is 17.1 Å². The van der Waals surface area contributed by atoms with Gasteiger partial charge in [-0.05, 0) is 34.7 Å². The minimum absolute atomic E-state index is 0.120. The van der Waals surface area contributed by atoms with Crippen LogP contribution in [0.25, 0.3) is 22.3 Å². The number of hydrogen-bond donors (Lipinski definition) is 2. The fourth-order valence-electron chi connectivity index (χ4n) is 2.01. The lowest BCUT2D eigenvalue weighted by atomic mass is 10.1. The Morgan fingerprint density at radius 3 is 2.50 bits per heavy atom. The number of halogens is 1. The maximum Gasteiger partial charge on any atom is 0.206 e. The SMILES string of the molecule is Nc1ccc2c(=O)c(I)c(-c3ccccc3)oc2c1O. The van der Waals surface area contributed by atoms with E-state index < -0.39 is 0 Å². The third kappa shape index (κ3) is 1.94. The van der Waals surface area contributed by atoms with Crippen LogP contribution >= 0.6 is 22.6 Å². The Morgan fingerprint density at radius 2 is 1.80 bits per heavy atom. The molecule has 1 aromatic heterocycles. The summed E-state index contributed by atoms with van der Waals surface area (Å²) in [5.41, 5.74) is 6.55. The van der Waals surface area contributed by atoms with Crippen molar-refractivity contribution in [1.82, 2.24) is 0 Å². The topological polar surface area (TPSA) is 76.5 Å². The minimum atomic E-state index is -0.201.